The van der Waals surface area contributed by atoms with E-state index >= 15 is 0 Å². The molecule has 3 aromatic rings. The third-order valence-corrected chi connectivity index (χ3v) is 6.52. The summed E-state index contributed by atoms with van der Waals surface area (Å²) >= 11 is 6.35. The van der Waals surface area contributed by atoms with E-state index in [1.807, 2.05) is 0 Å². The number of carbonyl (C=O) groups excluding carboxylic acids is 2. The first-order valence-electron chi connectivity index (χ1n) is 11.7. The fraction of sp³-hybridized carbons (Fsp3) is 0.333. The number of ether oxygens (including phenoxy) is 3. The lowest BCUT2D eigenvalue weighted by Crippen LogP contribution is -2.46. The number of methoxy groups -OCH3 is 3. The quantitative estimate of drug-likeness (QED) is 0.412. The molecule has 8 nitrogen and oxygen atoms in total. The smallest absolute Gasteiger partial charge is 0.295 e. The van der Waals surface area contributed by atoms with Crippen molar-refractivity contribution in [3.05, 3.63) is 71.1 Å². The first kappa shape index (κ1) is 25.4. The van der Waals surface area contributed by atoms with Crippen LogP contribution in [0.1, 0.15) is 47.8 Å². The van der Waals surface area contributed by atoms with Crippen LogP contribution < -0.4 is 24.4 Å². The molecule has 0 spiro atoms. The largest absolute Gasteiger partial charge is 0.495 e. The fourth-order valence-electron chi connectivity index (χ4n) is 4.53. The van der Waals surface area contributed by atoms with Gasteiger partial charge in [0.05, 0.1) is 33.3 Å². The summed E-state index contributed by atoms with van der Waals surface area (Å²) in [6.07, 6.45) is 5.27. The Labute approximate surface area is 215 Å². The number of amides is 2. The highest BCUT2D eigenvalue weighted by Gasteiger charge is 2.37. The molecule has 4 rings (SSSR count). The maximum atomic E-state index is 13.9. The molecule has 36 heavy (non-hydrogen) atoms. The number of nitrogens with zero attached hydrogens (tertiary/aromatic N) is 1. The van der Waals surface area contributed by atoms with E-state index in [-0.39, 0.29) is 17.7 Å². The van der Waals surface area contributed by atoms with Gasteiger partial charge in [0, 0.05) is 11.1 Å². The molecule has 9 heteroatoms. The van der Waals surface area contributed by atoms with Gasteiger partial charge in [-0.3, -0.25) is 14.5 Å². The van der Waals surface area contributed by atoms with Crippen molar-refractivity contribution < 1.29 is 28.2 Å². The lowest BCUT2D eigenvalue weighted by Gasteiger charge is -2.33. The molecule has 2 aromatic carbocycles. The zero-order chi connectivity index (χ0) is 25.7. The van der Waals surface area contributed by atoms with Crippen LogP contribution in [-0.2, 0) is 4.79 Å². The highest BCUT2D eigenvalue weighted by Crippen LogP contribution is 2.40. The van der Waals surface area contributed by atoms with Crippen molar-refractivity contribution in [2.75, 3.05) is 26.2 Å². The predicted molar refractivity (Wildman–Crippen MR) is 136 cm³/mol. The van der Waals surface area contributed by atoms with Crippen LogP contribution in [0.4, 0.5) is 5.69 Å². The van der Waals surface area contributed by atoms with Crippen LogP contribution in [0.15, 0.2) is 59.2 Å². The molecule has 2 amide bonds. The molecule has 1 saturated carbocycles. The van der Waals surface area contributed by atoms with Gasteiger partial charge in [-0.15, -0.1) is 0 Å². The summed E-state index contributed by atoms with van der Waals surface area (Å²) in [6.45, 7) is 0. The van der Waals surface area contributed by atoms with E-state index in [1.165, 1.54) is 32.5 Å². The minimum absolute atomic E-state index is 0.0296. The van der Waals surface area contributed by atoms with Crippen LogP contribution in [0.25, 0.3) is 0 Å². The second kappa shape index (κ2) is 11.4. The van der Waals surface area contributed by atoms with E-state index in [9.17, 15) is 9.59 Å². The standard InChI is InChI=1S/C27H29ClN2O6/c1-33-21-13-11-18(28)16-20(21)30(27(32)23-9-6-14-36-23)25(26(31)29-19-7-4-5-8-19)17-10-12-22(34-2)24(15-17)35-3/h6,9-16,19,25H,4-5,7-8H2,1-3H3,(H,29,31). The number of furan rings is 1. The Bertz CT molecular complexity index is 1210. The summed E-state index contributed by atoms with van der Waals surface area (Å²) in [5.41, 5.74) is 0.845. The van der Waals surface area contributed by atoms with Crippen LogP contribution in [-0.4, -0.2) is 39.2 Å². The monoisotopic (exact) mass is 512 g/mol. The molecule has 0 bridgehead atoms. The average molecular weight is 513 g/mol. The Morgan fingerprint density at radius 1 is 0.972 bits per heavy atom. The van der Waals surface area contributed by atoms with E-state index in [0.717, 1.165) is 25.7 Å². The molecule has 0 radical (unpaired) electrons. The molecule has 1 aromatic heterocycles. The molecule has 190 valence electrons. The van der Waals surface area contributed by atoms with Gasteiger partial charge in [-0.1, -0.05) is 30.5 Å². The number of rotatable bonds is 9. The van der Waals surface area contributed by atoms with Gasteiger partial charge in [0.2, 0.25) is 5.91 Å². The number of benzene rings is 2. The Morgan fingerprint density at radius 2 is 1.67 bits per heavy atom. The molecule has 1 heterocycles. The number of anilines is 1. The second-order valence-corrected chi connectivity index (χ2v) is 8.91. The van der Waals surface area contributed by atoms with Gasteiger partial charge in [0.15, 0.2) is 17.3 Å². The fourth-order valence-corrected chi connectivity index (χ4v) is 4.69. The molecule has 1 aliphatic rings. The molecule has 1 fully saturated rings. The number of hydrogen-bond donors (Lipinski definition) is 1. The van der Waals surface area contributed by atoms with E-state index in [2.05, 4.69) is 5.32 Å². The Hall–Kier alpha value is -3.65. The summed E-state index contributed by atoms with van der Waals surface area (Å²) in [5, 5.41) is 3.52. The summed E-state index contributed by atoms with van der Waals surface area (Å²) in [6, 6.07) is 12.1. The molecular formula is C27H29ClN2O6. The highest BCUT2D eigenvalue weighted by atomic mass is 35.5. The number of carbonyl (C=O) groups is 2. The zero-order valence-electron chi connectivity index (χ0n) is 20.5. The van der Waals surface area contributed by atoms with Crippen LogP contribution in [0.3, 0.4) is 0 Å². The lowest BCUT2D eigenvalue weighted by atomic mass is 10.0. The summed E-state index contributed by atoms with van der Waals surface area (Å²) in [7, 11) is 4.54. The molecule has 1 aliphatic carbocycles. The first-order chi connectivity index (χ1) is 17.5. The topological polar surface area (TPSA) is 90.2 Å². The van der Waals surface area contributed by atoms with Crippen molar-refractivity contribution in [3.8, 4) is 17.2 Å². The van der Waals surface area contributed by atoms with Crippen LogP contribution in [0.5, 0.6) is 17.2 Å². The third-order valence-electron chi connectivity index (χ3n) is 6.28. The summed E-state index contributed by atoms with van der Waals surface area (Å²) in [5.74, 6) is 0.505. The molecule has 0 aliphatic heterocycles. The second-order valence-electron chi connectivity index (χ2n) is 8.48. The van der Waals surface area contributed by atoms with Gasteiger partial charge in [0.25, 0.3) is 5.91 Å². The van der Waals surface area contributed by atoms with E-state index in [0.29, 0.717) is 33.5 Å². The summed E-state index contributed by atoms with van der Waals surface area (Å²) in [4.78, 5) is 29.2. The average Bonchev–Trinajstić information content (AvgIpc) is 3.61. The van der Waals surface area contributed by atoms with Crippen molar-refractivity contribution in [2.24, 2.45) is 0 Å². The van der Waals surface area contributed by atoms with Crippen LogP contribution in [0, 0.1) is 0 Å². The van der Waals surface area contributed by atoms with Crippen molar-refractivity contribution >= 4 is 29.1 Å². The van der Waals surface area contributed by atoms with Gasteiger partial charge in [0.1, 0.15) is 11.8 Å². The van der Waals surface area contributed by atoms with Crippen molar-refractivity contribution in [2.45, 2.75) is 37.8 Å². The minimum Gasteiger partial charge on any atom is -0.495 e. The van der Waals surface area contributed by atoms with Crippen LogP contribution >= 0.6 is 11.6 Å². The molecular weight excluding hydrogens is 484 g/mol. The van der Waals surface area contributed by atoms with Crippen molar-refractivity contribution in [3.63, 3.8) is 0 Å². The van der Waals surface area contributed by atoms with Gasteiger partial charge in [-0.25, -0.2) is 0 Å². The molecule has 1 unspecified atom stereocenters. The minimum atomic E-state index is -1.09. The number of nitrogens with one attached hydrogen (secondary N) is 1. The third kappa shape index (κ3) is 5.28. The van der Waals surface area contributed by atoms with E-state index in [1.54, 1.807) is 48.5 Å². The molecule has 1 N–H and O–H groups in total. The maximum Gasteiger partial charge on any atom is 0.295 e. The zero-order valence-corrected chi connectivity index (χ0v) is 21.2. The Morgan fingerprint density at radius 3 is 2.31 bits per heavy atom. The first-order valence-corrected chi connectivity index (χ1v) is 12.1. The van der Waals surface area contributed by atoms with Crippen molar-refractivity contribution in [1.82, 2.24) is 5.32 Å². The van der Waals surface area contributed by atoms with Gasteiger partial charge in [-0.05, 0) is 60.9 Å². The van der Waals surface area contributed by atoms with Gasteiger partial charge >= 0.3 is 0 Å². The number of halogens is 1. The lowest BCUT2D eigenvalue weighted by molar-refractivity contribution is -0.123. The Kier molecular flexibility index (Phi) is 8.05. The van der Waals surface area contributed by atoms with E-state index < -0.39 is 11.9 Å². The Balaban J connectivity index is 1.91. The maximum absolute atomic E-state index is 13.9. The number of hydrogen-bond acceptors (Lipinski definition) is 6. The van der Waals surface area contributed by atoms with Gasteiger partial charge in [-0.2, -0.15) is 0 Å². The SMILES string of the molecule is COc1ccc(C(C(=O)NC2CCCC2)N(C(=O)c2ccco2)c2cc(Cl)ccc2OC)cc1OC. The normalized spacial score (nSPS) is 14.2. The van der Waals surface area contributed by atoms with E-state index in [4.69, 9.17) is 30.2 Å². The summed E-state index contributed by atoms with van der Waals surface area (Å²) < 4.78 is 21.9. The predicted octanol–water partition coefficient (Wildman–Crippen LogP) is 5.41. The van der Waals surface area contributed by atoms with Gasteiger partial charge < -0.3 is 23.9 Å². The molecule has 0 saturated heterocycles. The highest BCUT2D eigenvalue weighted by molar-refractivity contribution is 6.31. The van der Waals surface area contributed by atoms with Crippen LogP contribution in [0.2, 0.25) is 5.02 Å². The molecule has 1 atom stereocenters. The van der Waals surface area contributed by atoms with Crippen molar-refractivity contribution in [1.29, 1.82) is 0 Å².